The lowest BCUT2D eigenvalue weighted by Crippen LogP contribution is -1.99. The number of ether oxygens (including phenoxy) is 1. The molecule has 1 N–H and O–H groups in total. The van der Waals surface area contributed by atoms with E-state index in [0.29, 0.717) is 13.0 Å². The van der Waals surface area contributed by atoms with Gasteiger partial charge in [0, 0.05) is 13.3 Å². The first-order valence-electron chi connectivity index (χ1n) is 9.89. The van der Waals surface area contributed by atoms with Crippen LogP contribution in [0, 0.1) is 0 Å². The molecule has 24 heavy (non-hydrogen) atoms. The number of carboxylic acids is 1. The summed E-state index contributed by atoms with van der Waals surface area (Å²) < 4.78 is 4.81. The first kappa shape index (κ1) is 25.2. The zero-order valence-corrected chi connectivity index (χ0v) is 16.3. The monoisotopic (exact) mass is 344 g/mol. The van der Waals surface area contributed by atoms with Gasteiger partial charge in [0.05, 0.1) is 6.61 Å². The number of rotatable bonds is 15. The minimum atomic E-state index is -0.663. The topological polar surface area (TPSA) is 63.6 Å². The van der Waals surface area contributed by atoms with Gasteiger partial charge in [-0.25, -0.2) is 0 Å². The van der Waals surface area contributed by atoms with E-state index in [1.54, 1.807) is 0 Å². The van der Waals surface area contributed by atoms with Gasteiger partial charge in [-0.15, -0.1) is 0 Å². The minimum absolute atomic E-state index is 0.163. The van der Waals surface area contributed by atoms with Crippen molar-refractivity contribution in [1.29, 1.82) is 0 Å². The third kappa shape index (κ3) is 29.0. The van der Waals surface area contributed by atoms with Crippen molar-refractivity contribution in [2.45, 2.75) is 111 Å². The molecule has 0 aromatic heterocycles. The third-order valence-corrected chi connectivity index (χ3v) is 3.80. The molecule has 0 aliphatic carbocycles. The highest BCUT2D eigenvalue weighted by Crippen LogP contribution is 2.08. The normalized spacial score (nSPS) is 9.96. The predicted octanol–water partition coefficient (Wildman–Crippen LogP) is 6.12. The summed E-state index contributed by atoms with van der Waals surface area (Å²) in [5.74, 6) is -0.827. The van der Waals surface area contributed by atoms with E-state index >= 15 is 0 Å². The van der Waals surface area contributed by atoms with Crippen LogP contribution in [-0.4, -0.2) is 23.7 Å². The van der Waals surface area contributed by atoms with E-state index in [0.717, 1.165) is 19.3 Å². The van der Waals surface area contributed by atoms with Gasteiger partial charge in [-0.1, -0.05) is 84.5 Å². The molecule has 0 atom stereocenters. The van der Waals surface area contributed by atoms with Crippen LogP contribution in [0.4, 0.5) is 0 Å². The maximum Gasteiger partial charge on any atom is 0.303 e. The number of aliphatic carboxylic acids is 1. The lowest BCUT2D eigenvalue weighted by Gasteiger charge is -2.01. The fourth-order valence-corrected chi connectivity index (χ4v) is 2.33. The highest BCUT2D eigenvalue weighted by Gasteiger charge is 1.95. The van der Waals surface area contributed by atoms with Gasteiger partial charge >= 0.3 is 11.9 Å². The summed E-state index contributed by atoms with van der Waals surface area (Å²) in [6.07, 6.45) is 16.0. The van der Waals surface area contributed by atoms with Crippen LogP contribution in [0.15, 0.2) is 0 Å². The van der Waals surface area contributed by atoms with E-state index in [4.69, 9.17) is 9.84 Å². The van der Waals surface area contributed by atoms with Crippen molar-refractivity contribution in [2.24, 2.45) is 0 Å². The fourth-order valence-electron chi connectivity index (χ4n) is 2.33. The SMILES string of the molecule is CCCCCCCCCC(=O)O.CCCCCCCCOC(C)=O. The Balaban J connectivity index is 0. The van der Waals surface area contributed by atoms with Gasteiger partial charge in [-0.05, 0) is 12.8 Å². The van der Waals surface area contributed by atoms with Gasteiger partial charge in [-0.2, -0.15) is 0 Å². The summed E-state index contributed by atoms with van der Waals surface area (Å²) in [5, 5.41) is 8.35. The minimum Gasteiger partial charge on any atom is -0.481 e. The van der Waals surface area contributed by atoms with Crippen molar-refractivity contribution >= 4 is 11.9 Å². The van der Waals surface area contributed by atoms with Crippen LogP contribution in [0.1, 0.15) is 111 Å². The molecule has 0 spiro atoms. The molecule has 0 amide bonds. The Morgan fingerprint density at radius 3 is 1.54 bits per heavy atom. The molecule has 0 heterocycles. The van der Waals surface area contributed by atoms with Crippen molar-refractivity contribution < 1.29 is 19.4 Å². The first-order valence-corrected chi connectivity index (χ1v) is 9.89. The number of hydrogen-bond acceptors (Lipinski definition) is 3. The summed E-state index contributed by atoms with van der Waals surface area (Å²) in [7, 11) is 0. The Kier molecular flexibility index (Phi) is 23.0. The summed E-state index contributed by atoms with van der Waals surface area (Å²) >= 11 is 0. The summed E-state index contributed by atoms with van der Waals surface area (Å²) in [5.41, 5.74) is 0. The first-order chi connectivity index (χ1) is 11.5. The van der Waals surface area contributed by atoms with Crippen LogP contribution in [0.5, 0.6) is 0 Å². The lowest BCUT2D eigenvalue weighted by molar-refractivity contribution is -0.141. The molecule has 0 aliphatic heterocycles. The van der Waals surface area contributed by atoms with Crippen LogP contribution in [0.3, 0.4) is 0 Å². The van der Waals surface area contributed by atoms with E-state index < -0.39 is 5.97 Å². The second kappa shape index (κ2) is 21.9. The van der Waals surface area contributed by atoms with E-state index in [9.17, 15) is 9.59 Å². The van der Waals surface area contributed by atoms with E-state index in [1.807, 2.05) is 0 Å². The van der Waals surface area contributed by atoms with Crippen LogP contribution >= 0.6 is 0 Å². The maximum atomic E-state index is 10.4. The van der Waals surface area contributed by atoms with Gasteiger partial charge in [0.1, 0.15) is 0 Å². The molecule has 0 bridgehead atoms. The molecule has 0 saturated heterocycles. The van der Waals surface area contributed by atoms with Gasteiger partial charge in [-0.3, -0.25) is 9.59 Å². The molecule has 0 aromatic rings. The molecule has 4 nitrogen and oxygen atoms in total. The Labute approximate surface area is 149 Å². The van der Waals surface area contributed by atoms with Crippen molar-refractivity contribution in [3.05, 3.63) is 0 Å². The van der Waals surface area contributed by atoms with Crippen molar-refractivity contribution in [3.63, 3.8) is 0 Å². The quantitative estimate of drug-likeness (QED) is 0.287. The number of hydrogen-bond donors (Lipinski definition) is 1. The molecular weight excluding hydrogens is 304 g/mol. The van der Waals surface area contributed by atoms with Crippen LogP contribution in [0.25, 0.3) is 0 Å². The van der Waals surface area contributed by atoms with E-state index in [2.05, 4.69) is 13.8 Å². The Morgan fingerprint density at radius 2 is 1.12 bits per heavy atom. The lowest BCUT2D eigenvalue weighted by atomic mass is 10.1. The van der Waals surface area contributed by atoms with Crippen LogP contribution in [-0.2, 0) is 14.3 Å². The zero-order valence-electron chi connectivity index (χ0n) is 16.3. The smallest absolute Gasteiger partial charge is 0.303 e. The van der Waals surface area contributed by atoms with Crippen molar-refractivity contribution in [2.75, 3.05) is 6.61 Å². The third-order valence-electron chi connectivity index (χ3n) is 3.80. The number of esters is 1. The zero-order chi connectivity index (χ0) is 18.5. The van der Waals surface area contributed by atoms with E-state index in [-0.39, 0.29) is 5.97 Å². The van der Waals surface area contributed by atoms with Gasteiger partial charge < -0.3 is 9.84 Å². The number of carbonyl (C=O) groups is 2. The molecule has 0 aromatic carbocycles. The Hall–Kier alpha value is -1.06. The number of carbonyl (C=O) groups excluding carboxylic acids is 1. The standard InChI is InChI=1S/2C10H20O2/c1-3-4-5-6-7-8-9-12-10(2)11;1-2-3-4-5-6-7-8-9-10(11)12/h3-9H2,1-2H3;2-9H2,1H3,(H,11,12). The van der Waals surface area contributed by atoms with Crippen molar-refractivity contribution in [1.82, 2.24) is 0 Å². The molecule has 0 radical (unpaired) electrons. The summed E-state index contributed by atoms with van der Waals surface area (Å²) in [6, 6.07) is 0. The molecule has 4 heteroatoms. The molecule has 0 rings (SSSR count). The molecular formula is C20H40O4. The van der Waals surface area contributed by atoms with Gasteiger partial charge in [0.25, 0.3) is 0 Å². The highest BCUT2D eigenvalue weighted by molar-refractivity contribution is 5.66. The van der Waals surface area contributed by atoms with Crippen LogP contribution < -0.4 is 0 Å². The molecule has 0 saturated carbocycles. The molecule has 0 unspecified atom stereocenters. The van der Waals surface area contributed by atoms with Gasteiger partial charge in [0.2, 0.25) is 0 Å². The maximum absolute atomic E-state index is 10.4. The summed E-state index contributed by atoms with van der Waals surface area (Å²) in [4.78, 5) is 20.5. The average molecular weight is 345 g/mol. The largest absolute Gasteiger partial charge is 0.481 e. The Bertz CT molecular complexity index is 249. The van der Waals surface area contributed by atoms with E-state index in [1.165, 1.54) is 71.1 Å². The molecule has 0 aliphatic rings. The second-order valence-electron chi connectivity index (χ2n) is 6.37. The predicted molar refractivity (Wildman–Crippen MR) is 100 cm³/mol. The van der Waals surface area contributed by atoms with Crippen molar-refractivity contribution in [3.8, 4) is 0 Å². The second-order valence-corrected chi connectivity index (χ2v) is 6.37. The summed E-state index contributed by atoms with van der Waals surface area (Å²) in [6.45, 7) is 6.46. The van der Waals surface area contributed by atoms with Gasteiger partial charge in [0.15, 0.2) is 0 Å². The number of unbranched alkanes of at least 4 members (excludes halogenated alkanes) is 11. The highest BCUT2D eigenvalue weighted by atomic mass is 16.5. The Morgan fingerprint density at radius 1 is 0.708 bits per heavy atom. The number of carboxylic acid groups (broad SMARTS) is 1. The van der Waals surface area contributed by atoms with Crippen LogP contribution in [0.2, 0.25) is 0 Å². The average Bonchev–Trinajstić information content (AvgIpc) is 2.53. The fraction of sp³-hybridized carbons (Fsp3) is 0.900. The molecule has 144 valence electrons. The molecule has 0 fully saturated rings.